The number of hydrogen-bond donors (Lipinski definition) is 0. The Kier molecular flexibility index (Phi) is 6.97. The minimum atomic E-state index is -4.65. The normalized spacial score (nSPS) is 13.0. The van der Waals surface area contributed by atoms with E-state index >= 15 is 0 Å². The molecule has 0 spiro atoms. The molecule has 33 heavy (non-hydrogen) atoms. The second-order valence-electron chi connectivity index (χ2n) is 6.90. The molecule has 0 amide bonds. The van der Waals surface area contributed by atoms with Crippen LogP contribution in [-0.4, -0.2) is 24.9 Å². The fourth-order valence-electron chi connectivity index (χ4n) is 2.75. The molecule has 0 aliphatic rings. The monoisotopic (exact) mass is 492 g/mol. The Morgan fingerprint density at radius 3 is 2.15 bits per heavy atom. The lowest BCUT2D eigenvalue weighted by Crippen LogP contribution is -2.30. The third kappa shape index (κ3) is 6.67. The van der Waals surface area contributed by atoms with E-state index in [1.807, 2.05) is 0 Å². The molecule has 0 aliphatic carbocycles. The van der Waals surface area contributed by atoms with E-state index in [1.165, 1.54) is 19.1 Å². The zero-order chi connectivity index (χ0) is 24.4. The highest BCUT2D eigenvalue weighted by molar-refractivity contribution is 6.32. The van der Waals surface area contributed by atoms with Crippen molar-refractivity contribution in [2.24, 2.45) is 0 Å². The Labute approximate surface area is 188 Å². The standard InChI is InChI=1S/C22H15ClF6O4/c1-12(20(30)31-11-21(24,25)26)32-16-5-2-13-3-6-17(9-14(13)8-16)33-19-7-4-15(10-18(19)23)22(27,28)29/h2-10,12H,11H2,1H3/t12-/m1/s1. The first-order chi connectivity index (χ1) is 15.3. The molecule has 3 rings (SSSR count). The third-order valence-corrected chi connectivity index (χ3v) is 4.59. The fourth-order valence-corrected chi connectivity index (χ4v) is 2.97. The summed E-state index contributed by atoms with van der Waals surface area (Å²) in [6, 6.07) is 12.2. The van der Waals surface area contributed by atoms with Crippen molar-refractivity contribution in [3.05, 3.63) is 65.2 Å². The first kappa shape index (κ1) is 24.5. The fraction of sp³-hybridized carbons (Fsp3) is 0.227. The number of fused-ring (bicyclic) bond motifs is 1. The molecule has 3 aromatic carbocycles. The number of rotatable bonds is 6. The zero-order valence-electron chi connectivity index (χ0n) is 16.8. The van der Waals surface area contributed by atoms with E-state index in [-0.39, 0.29) is 22.3 Å². The van der Waals surface area contributed by atoms with Gasteiger partial charge in [0.05, 0.1) is 10.6 Å². The van der Waals surface area contributed by atoms with Crippen molar-refractivity contribution in [3.8, 4) is 17.2 Å². The van der Waals surface area contributed by atoms with Crippen LogP contribution in [0, 0.1) is 0 Å². The molecule has 0 aromatic heterocycles. The molecule has 0 saturated carbocycles. The summed E-state index contributed by atoms with van der Waals surface area (Å²) >= 11 is 5.91. The molecule has 0 radical (unpaired) electrons. The first-order valence-corrected chi connectivity index (χ1v) is 9.68. The Hall–Kier alpha value is -3.14. The summed E-state index contributed by atoms with van der Waals surface area (Å²) in [6.07, 6.45) is -10.5. The smallest absolute Gasteiger partial charge is 0.422 e. The SMILES string of the molecule is C[C@@H](Oc1ccc2ccc(Oc3ccc(C(F)(F)F)cc3Cl)cc2c1)C(=O)OCC(F)(F)F. The third-order valence-electron chi connectivity index (χ3n) is 4.29. The lowest BCUT2D eigenvalue weighted by atomic mass is 10.1. The maximum Gasteiger partial charge on any atom is 0.422 e. The van der Waals surface area contributed by atoms with Gasteiger partial charge in [0.15, 0.2) is 12.7 Å². The topological polar surface area (TPSA) is 44.8 Å². The molecule has 0 bridgehead atoms. The molecule has 0 unspecified atom stereocenters. The van der Waals surface area contributed by atoms with Gasteiger partial charge in [-0.3, -0.25) is 0 Å². The number of alkyl halides is 6. The van der Waals surface area contributed by atoms with Gasteiger partial charge in [-0.15, -0.1) is 0 Å². The Bertz CT molecular complexity index is 1160. The number of benzene rings is 3. The summed E-state index contributed by atoms with van der Waals surface area (Å²) in [6.45, 7) is -0.473. The first-order valence-electron chi connectivity index (χ1n) is 9.30. The molecule has 0 N–H and O–H groups in total. The minimum absolute atomic E-state index is 0.0115. The molecular formula is C22H15ClF6O4. The van der Waals surface area contributed by atoms with Crippen LogP contribution in [0.15, 0.2) is 54.6 Å². The Morgan fingerprint density at radius 2 is 1.55 bits per heavy atom. The van der Waals surface area contributed by atoms with E-state index in [2.05, 4.69) is 4.74 Å². The molecule has 0 heterocycles. The summed E-state index contributed by atoms with van der Waals surface area (Å²) in [5, 5.41) is 1.08. The largest absolute Gasteiger partial charge is 0.479 e. The Balaban J connectivity index is 1.75. The van der Waals surface area contributed by atoms with Crippen LogP contribution in [0.2, 0.25) is 5.02 Å². The van der Waals surface area contributed by atoms with E-state index in [1.54, 1.807) is 24.3 Å². The van der Waals surface area contributed by atoms with Crippen LogP contribution >= 0.6 is 11.6 Å². The number of carbonyl (C=O) groups is 1. The summed E-state index contributed by atoms with van der Waals surface area (Å²) < 4.78 is 90.0. The second-order valence-corrected chi connectivity index (χ2v) is 7.31. The number of hydrogen-bond acceptors (Lipinski definition) is 4. The number of halogens is 7. The predicted molar refractivity (Wildman–Crippen MR) is 108 cm³/mol. The van der Waals surface area contributed by atoms with Gasteiger partial charge < -0.3 is 14.2 Å². The molecule has 0 saturated heterocycles. The zero-order valence-corrected chi connectivity index (χ0v) is 17.5. The van der Waals surface area contributed by atoms with Crippen molar-refractivity contribution < 1.29 is 45.3 Å². The summed E-state index contributed by atoms with van der Waals surface area (Å²) in [5.74, 6) is -0.721. The quantitative estimate of drug-likeness (QED) is 0.270. The highest BCUT2D eigenvalue weighted by Crippen LogP contribution is 2.37. The van der Waals surface area contributed by atoms with E-state index in [4.69, 9.17) is 21.1 Å². The summed E-state index contributed by atoms with van der Waals surface area (Å²) in [7, 11) is 0. The van der Waals surface area contributed by atoms with E-state index in [0.717, 1.165) is 23.6 Å². The van der Waals surface area contributed by atoms with Crippen molar-refractivity contribution >= 4 is 28.3 Å². The maximum atomic E-state index is 12.8. The second kappa shape index (κ2) is 9.38. The highest BCUT2D eigenvalue weighted by Gasteiger charge is 2.32. The van der Waals surface area contributed by atoms with E-state index in [0.29, 0.717) is 5.39 Å². The molecule has 1 atom stereocenters. The summed E-state index contributed by atoms with van der Waals surface area (Å²) in [4.78, 5) is 11.7. The van der Waals surface area contributed by atoms with Crippen LogP contribution < -0.4 is 9.47 Å². The van der Waals surface area contributed by atoms with Gasteiger partial charge in [0.1, 0.15) is 17.2 Å². The lowest BCUT2D eigenvalue weighted by molar-refractivity contribution is -0.190. The number of ether oxygens (including phenoxy) is 3. The molecule has 11 heteroatoms. The van der Waals surface area contributed by atoms with Gasteiger partial charge in [0, 0.05) is 0 Å². The van der Waals surface area contributed by atoms with Gasteiger partial charge in [-0.25, -0.2) is 4.79 Å². The van der Waals surface area contributed by atoms with Crippen molar-refractivity contribution in [1.29, 1.82) is 0 Å². The average Bonchev–Trinajstić information content (AvgIpc) is 2.72. The van der Waals surface area contributed by atoms with Crippen LogP contribution in [0.1, 0.15) is 12.5 Å². The summed E-state index contributed by atoms with van der Waals surface area (Å²) in [5.41, 5.74) is -0.914. The highest BCUT2D eigenvalue weighted by atomic mass is 35.5. The minimum Gasteiger partial charge on any atom is -0.479 e. The molecule has 0 fully saturated rings. The maximum absolute atomic E-state index is 12.8. The van der Waals surface area contributed by atoms with Gasteiger partial charge in [0.25, 0.3) is 0 Å². The van der Waals surface area contributed by atoms with Crippen molar-refractivity contribution in [3.63, 3.8) is 0 Å². The number of esters is 1. The van der Waals surface area contributed by atoms with Crippen molar-refractivity contribution in [2.45, 2.75) is 25.4 Å². The van der Waals surface area contributed by atoms with E-state index in [9.17, 15) is 31.1 Å². The molecule has 176 valence electrons. The van der Waals surface area contributed by atoms with Crippen molar-refractivity contribution in [1.82, 2.24) is 0 Å². The lowest BCUT2D eigenvalue weighted by Gasteiger charge is -2.15. The van der Waals surface area contributed by atoms with Gasteiger partial charge in [-0.05, 0) is 60.2 Å². The van der Waals surface area contributed by atoms with E-state index < -0.39 is 36.6 Å². The van der Waals surface area contributed by atoms with Gasteiger partial charge in [0.2, 0.25) is 0 Å². The number of carbonyl (C=O) groups excluding carboxylic acids is 1. The predicted octanol–water partition coefficient (Wildman–Crippen LogP) is 7.18. The van der Waals surface area contributed by atoms with Gasteiger partial charge >= 0.3 is 18.3 Å². The molecule has 0 aliphatic heterocycles. The van der Waals surface area contributed by atoms with Crippen molar-refractivity contribution in [2.75, 3.05) is 6.61 Å². The van der Waals surface area contributed by atoms with Crippen LogP contribution in [0.25, 0.3) is 10.8 Å². The van der Waals surface area contributed by atoms with Crippen LogP contribution in [0.5, 0.6) is 17.2 Å². The van der Waals surface area contributed by atoms with Gasteiger partial charge in [-0.1, -0.05) is 23.7 Å². The average molecular weight is 493 g/mol. The van der Waals surface area contributed by atoms with Crippen LogP contribution in [-0.2, 0) is 15.7 Å². The Morgan fingerprint density at radius 1 is 0.909 bits per heavy atom. The molecule has 3 aromatic rings. The molecular weight excluding hydrogens is 478 g/mol. The van der Waals surface area contributed by atoms with Gasteiger partial charge in [-0.2, -0.15) is 26.3 Å². The molecule has 4 nitrogen and oxygen atoms in total. The van der Waals surface area contributed by atoms with Crippen LogP contribution in [0.4, 0.5) is 26.3 Å². The van der Waals surface area contributed by atoms with Crippen LogP contribution in [0.3, 0.4) is 0 Å².